The number of hydrogen-bond donors (Lipinski definition) is 1. The molecule has 1 unspecified atom stereocenters. The summed E-state index contributed by atoms with van der Waals surface area (Å²) in [4.78, 5) is 13.8. The molecule has 0 saturated carbocycles. The summed E-state index contributed by atoms with van der Waals surface area (Å²) in [6.45, 7) is 1.39. The molecule has 6 nitrogen and oxygen atoms in total. The summed E-state index contributed by atoms with van der Waals surface area (Å²) < 4.78 is 17.1. The van der Waals surface area contributed by atoms with Crippen molar-refractivity contribution in [1.82, 2.24) is 4.90 Å². The van der Waals surface area contributed by atoms with Crippen molar-refractivity contribution in [3.8, 4) is 23.0 Å². The largest absolute Gasteiger partial charge is 0.493 e. The van der Waals surface area contributed by atoms with Crippen LogP contribution in [0.5, 0.6) is 23.0 Å². The van der Waals surface area contributed by atoms with Crippen LogP contribution in [0.4, 0.5) is 0 Å². The Bertz CT molecular complexity index is 1080. The lowest BCUT2D eigenvalue weighted by molar-refractivity contribution is -0.143. The van der Waals surface area contributed by atoms with Crippen LogP contribution >= 0.6 is 0 Å². The fourth-order valence-corrected chi connectivity index (χ4v) is 4.41. The van der Waals surface area contributed by atoms with Crippen LogP contribution in [0.2, 0.25) is 0 Å². The second-order valence-electron chi connectivity index (χ2n) is 8.15. The second-order valence-corrected chi connectivity index (χ2v) is 8.15. The summed E-state index contributed by atoms with van der Waals surface area (Å²) in [6.07, 6.45) is 1.25. The maximum absolute atomic E-state index is 11.5. The van der Waals surface area contributed by atoms with Crippen molar-refractivity contribution in [3.05, 3.63) is 83.9 Å². The van der Waals surface area contributed by atoms with E-state index in [1.165, 1.54) is 0 Å². The van der Waals surface area contributed by atoms with Crippen LogP contribution in [0, 0.1) is 5.92 Å². The van der Waals surface area contributed by atoms with E-state index in [1.807, 2.05) is 60.7 Å². The fraction of sp³-hybridized carbons (Fsp3) is 0.296. The quantitative estimate of drug-likeness (QED) is 0.500. The summed E-state index contributed by atoms with van der Waals surface area (Å²) >= 11 is 0. The number of carboxylic acid groups (broad SMARTS) is 1. The van der Waals surface area contributed by atoms with Gasteiger partial charge in [-0.05, 0) is 73.5 Å². The molecule has 172 valence electrons. The number of benzene rings is 3. The highest BCUT2D eigenvalue weighted by molar-refractivity contribution is 5.70. The zero-order valence-corrected chi connectivity index (χ0v) is 18.9. The molecular formula is C27H29NO5. The van der Waals surface area contributed by atoms with Crippen LogP contribution in [0.1, 0.15) is 30.0 Å². The van der Waals surface area contributed by atoms with Crippen molar-refractivity contribution >= 4 is 5.97 Å². The molecule has 1 aliphatic rings. The molecule has 6 heteroatoms. The molecule has 1 atom stereocenters. The van der Waals surface area contributed by atoms with E-state index in [2.05, 4.69) is 17.0 Å². The van der Waals surface area contributed by atoms with Crippen molar-refractivity contribution < 1.29 is 24.1 Å². The van der Waals surface area contributed by atoms with E-state index < -0.39 is 5.97 Å². The first kappa shape index (κ1) is 22.7. The topological polar surface area (TPSA) is 68.2 Å². The van der Waals surface area contributed by atoms with Crippen molar-refractivity contribution in [2.75, 3.05) is 27.3 Å². The Morgan fingerprint density at radius 2 is 1.52 bits per heavy atom. The lowest BCUT2D eigenvalue weighted by Gasteiger charge is -2.37. The van der Waals surface area contributed by atoms with E-state index in [-0.39, 0.29) is 12.0 Å². The van der Waals surface area contributed by atoms with E-state index in [0.717, 1.165) is 22.6 Å². The SMILES string of the molecule is COc1ccc(C(c2cccc(Oc3ccccc3)c2)N2CCC(C(=O)O)CC2)cc1OC. The smallest absolute Gasteiger partial charge is 0.306 e. The van der Waals surface area contributed by atoms with Crippen molar-refractivity contribution in [1.29, 1.82) is 0 Å². The van der Waals surface area contributed by atoms with Crippen LogP contribution in [0.3, 0.4) is 0 Å². The Kier molecular flexibility index (Phi) is 7.15. The Morgan fingerprint density at radius 1 is 0.848 bits per heavy atom. The highest BCUT2D eigenvalue weighted by atomic mass is 16.5. The lowest BCUT2D eigenvalue weighted by atomic mass is 9.91. The predicted molar refractivity (Wildman–Crippen MR) is 126 cm³/mol. The van der Waals surface area contributed by atoms with E-state index in [1.54, 1.807) is 14.2 Å². The molecule has 3 aromatic rings. The number of para-hydroxylation sites is 1. The Hall–Kier alpha value is -3.51. The fourth-order valence-electron chi connectivity index (χ4n) is 4.41. The Morgan fingerprint density at radius 3 is 2.18 bits per heavy atom. The number of nitrogens with zero attached hydrogens (tertiary/aromatic N) is 1. The summed E-state index contributed by atoms with van der Waals surface area (Å²) in [6, 6.07) is 23.6. The van der Waals surface area contributed by atoms with E-state index in [9.17, 15) is 9.90 Å². The zero-order chi connectivity index (χ0) is 23.2. The van der Waals surface area contributed by atoms with E-state index >= 15 is 0 Å². The normalized spacial score (nSPS) is 15.6. The number of carbonyl (C=O) groups is 1. The van der Waals surface area contributed by atoms with Crippen molar-refractivity contribution in [3.63, 3.8) is 0 Å². The third-order valence-corrected chi connectivity index (χ3v) is 6.12. The average Bonchev–Trinajstić information content (AvgIpc) is 2.85. The molecule has 1 heterocycles. The highest BCUT2D eigenvalue weighted by Gasteiger charge is 2.31. The number of carboxylic acids is 1. The number of hydrogen-bond acceptors (Lipinski definition) is 5. The third-order valence-electron chi connectivity index (χ3n) is 6.12. The minimum Gasteiger partial charge on any atom is -0.493 e. The van der Waals surface area contributed by atoms with Crippen molar-refractivity contribution in [2.24, 2.45) is 5.92 Å². The van der Waals surface area contributed by atoms with Gasteiger partial charge in [-0.3, -0.25) is 9.69 Å². The van der Waals surface area contributed by atoms with Gasteiger partial charge >= 0.3 is 5.97 Å². The highest BCUT2D eigenvalue weighted by Crippen LogP contribution is 2.38. The number of ether oxygens (including phenoxy) is 3. The van der Waals surface area contributed by atoms with Gasteiger partial charge in [-0.15, -0.1) is 0 Å². The summed E-state index contributed by atoms with van der Waals surface area (Å²) in [5.41, 5.74) is 2.13. The van der Waals surface area contributed by atoms with E-state index in [4.69, 9.17) is 14.2 Å². The maximum Gasteiger partial charge on any atom is 0.306 e. The van der Waals surface area contributed by atoms with Gasteiger partial charge in [0.15, 0.2) is 11.5 Å². The first-order valence-electron chi connectivity index (χ1n) is 11.1. The molecule has 1 N–H and O–H groups in total. The lowest BCUT2D eigenvalue weighted by Crippen LogP contribution is -2.39. The molecular weight excluding hydrogens is 418 g/mol. The van der Waals surface area contributed by atoms with Gasteiger partial charge in [-0.25, -0.2) is 0 Å². The number of aliphatic carboxylic acids is 1. The number of rotatable bonds is 8. The van der Waals surface area contributed by atoms with Gasteiger partial charge in [0.2, 0.25) is 0 Å². The molecule has 0 aromatic heterocycles. The molecule has 1 saturated heterocycles. The summed E-state index contributed by atoms with van der Waals surface area (Å²) in [5.74, 6) is 1.86. The summed E-state index contributed by atoms with van der Waals surface area (Å²) in [7, 11) is 3.25. The van der Waals surface area contributed by atoms with Gasteiger partial charge in [0.1, 0.15) is 11.5 Å². The Balaban J connectivity index is 1.69. The number of piperidine rings is 1. The van der Waals surface area contributed by atoms with Gasteiger partial charge in [0, 0.05) is 0 Å². The first-order valence-corrected chi connectivity index (χ1v) is 11.1. The van der Waals surface area contributed by atoms with Gasteiger partial charge in [-0.1, -0.05) is 36.4 Å². The third kappa shape index (κ3) is 5.29. The van der Waals surface area contributed by atoms with Crippen LogP contribution in [-0.2, 0) is 4.79 Å². The van der Waals surface area contributed by atoms with Crippen LogP contribution in [0.15, 0.2) is 72.8 Å². The number of likely N-dealkylation sites (tertiary alicyclic amines) is 1. The molecule has 0 amide bonds. The van der Waals surface area contributed by atoms with Crippen LogP contribution < -0.4 is 14.2 Å². The predicted octanol–water partition coefficient (Wildman–Crippen LogP) is 5.38. The molecule has 4 rings (SSSR count). The number of methoxy groups -OCH3 is 2. The van der Waals surface area contributed by atoms with Crippen molar-refractivity contribution in [2.45, 2.75) is 18.9 Å². The molecule has 0 radical (unpaired) electrons. The zero-order valence-electron chi connectivity index (χ0n) is 18.9. The van der Waals surface area contributed by atoms with Gasteiger partial charge < -0.3 is 19.3 Å². The average molecular weight is 448 g/mol. The van der Waals surface area contributed by atoms with Gasteiger partial charge in [-0.2, -0.15) is 0 Å². The standard InChI is InChI=1S/C27H29NO5/c1-31-24-12-11-21(18-25(24)32-2)26(28-15-13-19(14-16-28)27(29)30)20-7-6-10-23(17-20)33-22-8-4-3-5-9-22/h3-12,17-19,26H,13-16H2,1-2H3,(H,29,30). The maximum atomic E-state index is 11.5. The van der Waals surface area contributed by atoms with E-state index in [0.29, 0.717) is 37.4 Å². The molecule has 0 bridgehead atoms. The second kappa shape index (κ2) is 10.4. The molecule has 0 aliphatic carbocycles. The summed E-state index contributed by atoms with van der Waals surface area (Å²) in [5, 5.41) is 9.43. The molecule has 0 spiro atoms. The van der Waals surface area contributed by atoms with Crippen LogP contribution in [0.25, 0.3) is 0 Å². The molecule has 3 aromatic carbocycles. The molecule has 1 fully saturated rings. The minimum absolute atomic E-state index is 0.0705. The van der Waals surface area contributed by atoms with Gasteiger partial charge in [0.05, 0.1) is 26.2 Å². The molecule has 33 heavy (non-hydrogen) atoms. The Labute approximate surface area is 194 Å². The monoisotopic (exact) mass is 447 g/mol. The van der Waals surface area contributed by atoms with Crippen LogP contribution in [-0.4, -0.2) is 43.3 Å². The molecule has 1 aliphatic heterocycles. The van der Waals surface area contributed by atoms with Gasteiger partial charge in [0.25, 0.3) is 0 Å². The first-order chi connectivity index (χ1) is 16.1. The minimum atomic E-state index is -0.712.